The van der Waals surface area contributed by atoms with E-state index in [1.807, 2.05) is 0 Å². The maximum absolute atomic E-state index is 10.9. The third-order valence-corrected chi connectivity index (χ3v) is 1.31. The van der Waals surface area contributed by atoms with Crippen molar-refractivity contribution in [2.45, 2.75) is 0 Å². The van der Waals surface area contributed by atoms with Crippen LogP contribution in [0.2, 0.25) is 0 Å². The highest BCUT2D eigenvalue weighted by atomic mass is 16.2. The molecule has 0 spiro atoms. The Kier molecular flexibility index (Phi) is 0.999. The second-order valence-corrected chi connectivity index (χ2v) is 1.99. The maximum atomic E-state index is 10.9. The quantitative estimate of drug-likeness (QED) is 0.438. The molecule has 1 aromatic rings. The molecule has 11 heavy (non-hydrogen) atoms. The third-order valence-electron chi connectivity index (χ3n) is 1.31. The Labute approximate surface area is 60.4 Å². The van der Waals surface area contributed by atoms with Crippen molar-refractivity contribution in [2.75, 3.05) is 6.54 Å². The third kappa shape index (κ3) is 0.704. The number of nitrogens with one attached hydrogen (secondary N) is 1. The Morgan fingerprint density at radius 1 is 1.45 bits per heavy atom. The summed E-state index contributed by atoms with van der Waals surface area (Å²) in [6, 6.07) is 0. The maximum Gasteiger partial charge on any atom is 0.291 e. The van der Waals surface area contributed by atoms with Crippen LogP contribution >= 0.6 is 0 Å². The van der Waals surface area contributed by atoms with E-state index < -0.39 is 5.91 Å². The summed E-state index contributed by atoms with van der Waals surface area (Å²) in [4.78, 5) is 21.8. The number of hydrogen-bond donors (Lipinski definition) is 1. The molecule has 1 amide bonds. The Balaban J connectivity index is 2.59. The fourth-order valence-corrected chi connectivity index (χ4v) is 0.807. The van der Waals surface area contributed by atoms with Crippen molar-refractivity contribution >= 4 is 11.8 Å². The summed E-state index contributed by atoms with van der Waals surface area (Å²) >= 11 is 0. The molecule has 7 heteroatoms. The lowest BCUT2D eigenvalue weighted by atomic mass is 10.4. The molecule has 0 fully saturated rings. The molecule has 0 saturated carbocycles. The molecule has 0 saturated heterocycles. The number of rotatable bonds is 0. The van der Waals surface area contributed by atoms with Gasteiger partial charge in [-0.15, -0.1) is 5.10 Å². The summed E-state index contributed by atoms with van der Waals surface area (Å²) in [5.41, 5.74) is 0. The number of hydrogen-bond acceptors (Lipinski definition) is 5. The van der Waals surface area contributed by atoms with E-state index in [1.165, 1.54) is 0 Å². The van der Waals surface area contributed by atoms with Crippen molar-refractivity contribution in [1.29, 1.82) is 0 Å². The van der Waals surface area contributed by atoms with Crippen molar-refractivity contribution in [1.82, 2.24) is 25.5 Å². The average Bonchev–Trinajstić information content (AvgIpc) is 2.45. The minimum atomic E-state index is -0.422. The summed E-state index contributed by atoms with van der Waals surface area (Å²) in [7, 11) is 0. The summed E-state index contributed by atoms with van der Waals surface area (Å²) in [6.07, 6.45) is 0. The molecule has 0 bridgehead atoms. The van der Waals surface area contributed by atoms with E-state index in [0.29, 0.717) is 0 Å². The van der Waals surface area contributed by atoms with Crippen molar-refractivity contribution in [3.8, 4) is 0 Å². The molecule has 1 aliphatic heterocycles. The van der Waals surface area contributed by atoms with Crippen LogP contribution in [0.15, 0.2) is 0 Å². The van der Waals surface area contributed by atoms with Gasteiger partial charge in [0.25, 0.3) is 11.8 Å². The number of carbonyl (C=O) groups excluding carboxylic acids is 2. The fourth-order valence-electron chi connectivity index (χ4n) is 0.807. The standard InChI is InChI=1S/C4H3N5O2/c10-2-1-5-4(11)3-6-7-8-9(2)3/h1H2,(H,5,11). The lowest BCUT2D eigenvalue weighted by Crippen LogP contribution is -2.41. The first-order chi connectivity index (χ1) is 5.29. The van der Waals surface area contributed by atoms with E-state index >= 15 is 0 Å². The largest absolute Gasteiger partial charge is 0.340 e. The molecule has 1 aliphatic rings. The summed E-state index contributed by atoms with van der Waals surface area (Å²) in [5.74, 6) is -0.805. The van der Waals surface area contributed by atoms with Crippen LogP contribution in [0.4, 0.5) is 0 Å². The van der Waals surface area contributed by atoms with E-state index in [2.05, 4.69) is 20.8 Å². The molecule has 1 aromatic heterocycles. The highest BCUT2D eigenvalue weighted by Gasteiger charge is 2.25. The molecule has 7 nitrogen and oxygen atoms in total. The van der Waals surface area contributed by atoms with Crippen LogP contribution in [0.5, 0.6) is 0 Å². The summed E-state index contributed by atoms with van der Waals surface area (Å²) < 4.78 is 0.888. The molecule has 1 N–H and O–H groups in total. The highest BCUT2D eigenvalue weighted by Crippen LogP contribution is 1.96. The minimum absolute atomic E-state index is 0.0448. The van der Waals surface area contributed by atoms with Gasteiger partial charge in [0.15, 0.2) is 0 Å². The molecular weight excluding hydrogens is 150 g/mol. The first-order valence-corrected chi connectivity index (χ1v) is 2.89. The second-order valence-electron chi connectivity index (χ2n) is 1.99. The Bertz CT molecular complexity index is 298. The Hall–Kier alpha value is -1.79. The first kappa shape index (κ1) is 5.96. The number of aromatic nitrogens is 4. The van der Waals surface area contributed by atoms with Gasteiger partial charge in [0, 0.05) is 0 Å². The van der Waals surface area contributed by atoms with Gasteiger partial charge in [0.05, 0.1) is 6.54 Å². The molecular formula is C4H3N5O2. The summed E-state index contributed by atoms with van der Waals surface area (Å²) in [6.45, 7) is -0.0448. The van der Waals surface area contributed by atoms with E-state index in [1.54, 1.807) is 0 Å². The Morgan fingerprint density at radius 3 is 3.00 bits per heavy atom. The topological polar surface area (TPSA) is 89.8 Å². The van der Waals surface area contributed by atoms with Crippen molar-refractivity contribution in [2.24, 2.45) is 0 Å². The van der Waals surface area contributed by atoms with Crippen LogP contribution in [0, 0.1) is 0 Å². The molecule has 0 atom stereocenters. The van der Waals surface area contributed by atoms with Crippen molar-refractivity contribution in [3.63, 3.8) is 0 Å². The monoisotopic (exact) mass is 153 g/mol. The van der Waals surface area contributed by atoms with Crippen LogP contribution in [0.3, 0.4) is 0 Å². The molecule has 0 aliphatic carbocycles. The number of carbonyl (C=O) groups is 2. The number of amides is 1. The SMILES string of the molecule is O=C1NCC(=O)n2nnnc21. The average molecular weight is 153 g/mol. The molecule has 0 radical (unpaired) electrons. The van der Waals surface area contributed by atoms with Crippen LogP contribution in [0.25, 0.3) is 0 Å². The summed E-state index contributed by atoms with van der Waals surface area (Å²) in [5, 5.41) is 12.2. The Morgan fingerprint density at radius 2 is 2.27 bits per heavy atom. The first-order valence-electron chi connectivity index (χ1n) is 2.89. The lowest BCUT2D eigenvalue weighted by Gasteiger charge is -2.08. The number of tetrazole rings is 1. The van der Waals surface area contributed by atoms with Gasteiger partial charge in [-0.2, -0.15) is 4.68 Å². The highest BCUT2D eigenvalue weighted by molar-refractivity contribution is 6.00. The van der Waals surface area contributed by atoms with Crippen molar-refractivity contribution < 1.29 is 9.59 Å². The van der Waals surface area contributed by atoms with Crippen LogP contribution < -0.4 is 5.32 Å². The van der Waals surface area contributed by atoms with Crippen LogP contribution in [-0.4, -0.2) is 38.6 Å². The van der Waals surface area contributed by atoms with Gasteiger partial charge >= 0.3 is 0 Å². The number of nitrogens with zero attached hydrogens (tertiary/aromatic N) is 4. The zero-order valence-electron chi connectivity index (χ0n) is 5.31. The fraction of sp³-hybridized carbons (Fsp3) is 0.250. The van der Waals surface area contributed by atoms with Crippen LogP contribution in [-0.2, 0) is 0 Å². The van der Waals surface area contributed by atoms with E-state index in [-0.39, 0.29) is 18.3 Å². The lowest BCUT2D eigenvalue weighted by molar-refractivity contribution is 0.0791. The smallest absolute Gasteiger partial charge is 0.291 e. The second kappa shape index (κ2) is 1.84. The predicted octanol–water partition coefficient (Wildman–Crippen LogP) is -1.94. The zero-order chi connectivity index (χ0) is 7.84. The van der Waals surface area contributed by atoms with Crippen LogP contribution in [0.1, 0.15) is 15.4 Å². The number of fused-ring (bicyclic) bond motifs is 1. The van der Waals surface area contributed by atoms with Gasteiger partial charge in [-0.05, 0) is 10.4 Å². The van der Waals surface area contributed by atoms with Gasteiger partial charge in [-0.1, -0.05) is 0 Å². The van der Waals surface area contributed by atoms with Gasteiger partial charge in [-0.3, -0.25) is 9.59 Å². The molecule has 56 valence electrons. The van der Waals surface area contributed by atoms with Gasteiger partial charge in [0.1, 0.15) is 0 Å². The van der Waals surface area contributed by atoms with Gasteiger partial charge in [0.2, 0.25) is 5.82 Å². The zero-order valence-corrected chi connectivity index (χ0v) is 5.31. The van der Waals surface area contributed by atoms with Gasteiger partial charge < -0.3 is 5.32 Å². The van der Waals surface area contributed by atoms with E-state index in [9.17, 15) is 9.59 Å². The van der Waals surface area contributed by atoms with Crippen molar-refractivity contribution in [3.05, 3.63) is 5.82 Å². The predicted molar refractivity (Wildman–Crippen MR) is 30.8 cm³/mol. The normalized spacial score (nSPS) is 16.0. The molecule has 0 unspecified atom stereocenters. The molecule has 0 aromatic carbocycles. The molecule has 2 rings (SSSR count). The van der Waals surface area contributed by atoms with E-state index in [4.69, 9.17) is 0 Å². The van der Waals surface area contributed by atoms with Gasteiger partial charge in [-0.25, -0.2) is 0 Å². The minimum Gasteiger partial charge on any atom is -0.340 e. The molecule has 2 heterocycles. The van der Waals surface area contributed by atoms with E-state index in [0.717, 1.165) is 4.68 Å².